The summed E-state index contributed by atoms with van der Waals surface area (Å²) in [6.07, 6.45) is 1.44. The van der Waals surface area contributed by atoms with Crippen LogP contribution in [0.1, 0.15) is 19.3 Å². The lowest BCUT2D eigenvalue weighted by atomic mass is 10.3. The predicted octanol–water partition coefficient (Wildman–Crippen LogP) is 0.625. The van der Waals surface area contributed by atoms with Gasteiger partial charge in [0, 0.05) is 39.7 Å². The van der Waals surface area contributed by atoms with Crippen molar-refractivity contribution in [3.05, 3.63) is 0 Å². The van der Waals surface area contributed by atoms with E-state index in [1.807, 2.05) is 0 Å². The maximum atomic E-state index is 12.0. The van der Waals surface area contributed by atoms with Crippen molar-refractivity contribution in [3.63, 3.8) is 0 Å². The van der Waals surface area contributed by atoms with Gasteiger partial charge in [0.25, 0.3) is 0 Å². The van der Waals surface area contributed by atoms with E-state index in [4.69, 9.17) is 9.84 Å². The van der Waals surface area contributed by atoms with E-state index in [9.17, 15) is 9.59 Å². The van der Waals surface area contributed by atoms with E-state index in [1.165, 1.54) is 0 Å². The number of carbonyl (C=O) groups is 2. The van der Waals surface area contributed by atoms with Crippen LogP contribution in [0.2, 0.25) is 0 Å². The third-order valence-electron chi connectivity index (χ3n) is 2.70. The number of carboxylic acid groups (broad SMARTS) is 1. The van der Waals surface area contributed by atoms with Gasteiger partial charge in [-0.25, -0.2) is 4.79 Å². The van der Waals surface area contributed by atoms with E-state index in [1.54, 1.807) is 16.8 Å². The molecule has 0 bridgehead atoms. The van der Waals surface area contributed by atoms with Crippen LogP contribution in [0.25, 0.3) is 0 Å². The van der Waals surface area contributed by atoms with Crippen molar-refractivity contribution in [2.45, 2.75) is 19.3 Å². The van der Waals surface area contributed by atoms with Crippen LogP contribution in [-0.2, 0) is 9.53 Å². The van der Waals surface area contributed by atoms with Crippen LogP contribution in [0.3, 0.4) is 0 Å². The van der Waals surface area contributed by atoms with Crippen molar-refractivity contribution >= 4 is 12.0 Å². The first-order valence-corrected chi connectivity index (χ1v) is 5.91. The van der Waals surface area contributed by atoms with E-state index >= 15 is 0 Å². The molecule has 2 amide bonds. The third-order valence-corrected chi connectivity index (χ3v) is 2.70. The van der Waals surface area contributed by atoms with Gasteiger partial charge in [-0.1, -0.05) is 0 Å². The molecule has 0 saturated carbocycles. The Bertz CT molecular complexity index is 262. The molecule has 0 aromatic rings. The highest BCUT2D eigenvalue weighted by molar-refractivity contribution is 5.74. The number of amides is 2. The van der Waals surface area contributed by atoms with Crippen LogP contribution in [0, 0.1) is 0 Å². The van der Waals surface area contributed by atoms with Crippen molar-refractivity contribution in [1.82, 2.24) is 9.80 Å². The van der Waals surface area contributed by atoms with E-state index in [0.29, 0.717) is 39.3 Å². The van der Waals surface area contributed by atoms with Crippen molar-refractivity contribution in [2.75, 3.05) is 39.9 Å². The standard InChI is InChI=1S/C11H20N2O4/c1-12(5-2-4-10(14)15)11(16)13-6-3-8-17-9-7-13/h2-9H2,1H3,(H,14,15). The summed E-state index contributed by atoms with van der Waals surface area (Å²) in [7, 11) is 1.70. The van der Waals surface area contributed by atoms with Crippen molar-refractivity contribution in [2.24, 2.45) is 0 Å². The van der Waals surface area contributed by atoms with Gasteiger partial charge in [-0.3, -0.25) is 4.79 Å². The van der Waals surface area contributed by atoms with E-state index < -0.39 is 5.97 Å². The molecule has 1 N–H and O–H groups in total. The molecule has 6 nitrogen and oxygen atoms in total. The number of ether oxygens (including phenoxy) is 1. The van der Waals surface area contributed by atoms with Gasteiger partial charge in [-0.2, -0.15) is 0 Å². The summed E-state index contributed by atoms with van der Waals surface area (Å²) >= 11 is 0. The summed E-state index contributed by atoms with van der Waals surface area (Å²) < 4.78 is 5.28. The molecule has 0 aliphatic carbocycles. The minimum absolute atomic E-state index is 0.0408. The Morgan fingerprint density at radius 1 is 1.35 bits per heavy atom. The van der Waals surface area contributed by atoms with Crippen molar-refractivity contribution < 1.29 is 19.4 Å². The van der Waals surface area contributed by atoms with Gasteiger partial charge in [-0.15, -0.1) is 0 Å². The summed E-state index contributed by atoms with van der Waals surface area (Å²) in [5, 5.41) is 8.52. The molecule has 6 heteroatoms. The van der Waals surface area contributed by atoms with Gasteiger partial charge >= 0.3 is 12.0 Å². The zero-order valence-electron chi connectivity index (χ0n) is 10.2. The summed E-state index contributed by atoms with van der Waals surface area (Å²) in [6, 6.07) is -0.0408. The molecular formula is C11H20N2O4. The molecule has 0 aromatic carbocycles. The van der Waals surface area contributed by atoms with E-state index in [2.05, 4.69) is 0 Å². The minimum Gasteiger partial charge on any atom is -0.481 e. The lowest BCUT2D eigenvalue weighted by Gasteiger charge is -2.26. The average molecular weight is 244 g/mol. The molecule has 0 atom stereocenters. The normalized spacial score (nSPS) is 16.4. The fourth-order valence-electron chi connectivity index (χ4n) is 1.74. The molecule has 1 rings (SSSR count). The Kier molecular flexibility index (Phi) is 5.76. The number of hydrogen-bond donors (Lipinski definition) is 1. The highest BCUT2D eigenvalue weighted by Gasteiger charge is 2.19. The molecule has 1 heterocycles. The summed E-state index contributed by atoms with van der Waals surface area (Å²) in [4.78, 5) is 25.7. The molecule has 17 heavy (non-hydrogen) atoms. The second-order valence-corrected chi connectivity index (χ2v) is 4.15. The molecule has 1 saturated heterocycles. The molecule has 98 valence electrons. The molecule has 0 aromatic heterocycles. The fraction of sp³-hybridized carbons (Fsp3) is 0.818. The van der Waals surface area contributed by atoms with Crippen LogP contribution in [0.4, 0.5) is 4.79 Å². The van der Waals surface area contributed by atoms with Gasteiger partial charge in [-0.05, 0) is 12.8 Å². The molecule has 1 fully saturated rings. The smallest absolute Gasteiger partial charge is 0.319 e. The largest absolute Gasteiger partial charge is 0.481 e. The van der Waals surface area contributed by atoms with Crippen molar-refractivity contribution in [1.29, 1.82) is 0 Å². The Labute approximate surface area is 101 Å². The van der Waals surface area contributed by atoms with Crippen LogP contribution in [-0.4, -0.2) is 66.8 Å². The monoisotopic (exact) mass is 244 g/mol. The highest BCUT2D eigenvalue weighted by Crippen LogP contribution is 2.04. The predicted molar refractivity (Wildman–Crippen MR) is 61.9 cm³/mol. The number of urea groups is 1. The number of aliphatic carboxylic acids is 1. The Morgan fingerprint density at radius 3 is 2.82 bits per heavy atom. The summed E-state index contributed by atoms with van der Waals surface area (Å²) in [5.41, 5.74) is 0. The SMILES string of the molecule is CN(CCCC(=O)O)C(=O)N1CCCOCC1. The van der Waals surface area contributed by atoms with Crippen molar-refractivity contribution in [3.8, 4) is 0 Å². The lowest BCUT2D eigenvalue weighted by molar-refractivity contribution is -0.137. The lowest BCUT2D eigenvalue weighted by Crippen LogP contribution is -2.42. The Morgan fingerprint density at radius 2 is 2.12 bits per heavy atom. The van der Waals surface area contributed by atoms with Gasteiger partial charge in [0.1, 0.15) is 0 Å². The first kappa shape index (κ1) is 13.8. The summed E-state index contributed by atoms with van der Waals surface area (Å²) in [5.74, 6) is -0.825. The number of carbonyl (C=O) groups excluding carboxylic acids is 1. The van der Waals surface area contributed by atoms with Crippen LogP contribution < -0.4 is 0 Å². The van der Waals surface area contributed by atoms with E-state index in [0.717, 1.165) is 6.42 Å². The van der Waals surface area contributed by atoms with Crippen LogP contribution in [0.5, 0.6) is 0 Å². The van der Waals surface area contributed by atoms with Crippen LogP contribution in [0.15, 0.2) is 0 Å². The molecule has 1 aliphatic heterocycles. The summed E-state index contributed by atoms with van der Waals surface area (Å²) in [6.45, 7) is 3.08. The fourth-order valence-corrected chi connectivity index (χ4v) is 1.74. The molecular weight excluding hydrogens is 224 g/mol. The first-order valence-electron chi connectivity index (χ1n) is 5.91. The quantitative estimate of drug-likeness (QED) is 0.787. The Balaban J connectivity index is 2.31. The second kappa shape index (κ2) is 7.11. The number of nitrogens with zero attached hydrogens (tertiary/aromatic N) is 2. The van der Waals surface area contributed by atoms with Gasteiger partial charge in [0.2, 0.25) is 0 Å². The second-order valence-electron chi connectivity index (χ2n) is 4.15. The minimum atomic E-state index is -0.825. The highest BCUT2D eigenvalue weighted by atomic mass is 16.5. The number of hydrogen-bond acceptors (Lipinski definition) is 3. The topological polar surface area (TPSA) is 70.1 Å². The van der Waals surface area contributed by atoms with E-state index in [-0.39, 0.29) is 12.5 Å². The Hall–Kier alpha value is -1.30. The molecule has 1 aliphatic rings. The van der Waals surface area contributed by atoms with Gasteiger partial charge in [0.15, 0.2) is 0 Å². The molecule has 0 radical (unpaired) electrons. The zero-order chi connectivity index (χ0) is 12.7. The third kappa shape index (κ3) is 5.04. The average Bonchev–Trinajstić information content (AvgIpc) is 2.55. The maximum absolute atomic E-state index is 12.0. The van der Waals surface area contributed by atoms with Crippen LogP contribution >= 0.6 is 0 Å². The molecule has 0 spiro atoms. The molecule has 0 unspecified atom stereocenters. The maximum Gasteiger partial charge on any atom is 0.319 e. The van der Waals surface area contributed by atoms with Gasteiger partial charge < -0.3 is 19.6 Å². The zero-order valence-corrected chi connectivity index (χ0v) is 10.2. The number of carboxylic acids is 1. The number of rotatable bonds is 4. The van der Waals surface area contributed by atoms with Gasteiger partial charge in [0.05, 0.1) is 6.61 Å². The first-order chi connectivity index (χ1) is 8.11.